The zero-order chi connectivity index (χ0) is 17.3. The number of likely N-dealkylation sites (tertiary alicyclic amines) is 1. The molecule has 6 heteroatoms. The Balaban J connectivity index is 1.21. The van der Waals surface area contributed by atoms with Crippen molar-refractivity contribution in [1.82, 2.24) is 9.88 Å². The van der Waals surface area contributed by atoms with Gasteiger partial charge in [-0.15, -0.1) is 0 Å². The zero-order valence-electron chi connectivity index (χ0n) is 14.4. The third kappa shape index (κ3) is 3.42. The summed E-state index contributed by atoms with van der Waals surface area (Å²) >= 11 is 0. The molecule has 3 heterocycles. The molecule has 1 aromatic rings. The van der Waals surface area contributed by atoms with Crippen LogP contribution in [0.3, 0.4) is 0 Å². The number of aromatic nitrogens is 1. The lowest BCUT2D eigenvalue weighted by molar-refractivity contribution is -0.173. The van der Waals surface area contributed by atoms with Crippen molar-refractivity contribution in [3.8, 4) is 0 Å². The minimum atomic E-state index is -0.782. The fourth-order valence-corrected chi connectivity index (χ4v) is 4.19. The number of halogens is 1. The summed E-state index contributed by atoms with van der Waals surface area (Å²) in [5.74, 6) is 0.435. The average Bonchev–Trinajstić information content (AvgIpc) is 2.99. The van der Waals surface area contributed by atoms with Crippen molar-refractivity contribution in [1.29, 1.82) is 0 Å². The van der Waals surface area contributed by atoms with E-state index in [1.54, 1.807) is 6.20 Å². The molecule has 1 spiro atoms. The van der Waals surface area contributed by atoms with E-state index in [0.717, 1.165) is 25.1 Å². The number of hydrogen-bond acceptors (Lipinski definition) is 4. The van der Waals surface area contributed by atoms with Crippen LogP contribution in [0.1, 0.15) is 31.4 Å². The molecule has 5 nitrogen and oxygen atoms in total. The highest BCUT2D eigenvalue weighted by atomic mass is 19.1. The Morgan fingerprint density at radius 1 is 1.40 bits per heavy atom. The lowest BCUT2D eigenvalue weighted by Crippen LogP contribution is -2.67. The Morgan fingerprint density at radius 2 is 2.24 bits per heavy atom. The summed E-state index contributed by atoms with van der Waals surface area (Å²) in [6.45, 7) is 3.27. The Bertz CT molecular complexity index is 600. The van der Waals surface area contributed by atoms with E-state index < -0.39 is 6.17 Å². The Hall–Kier alpha value is -1.53. The minimum Gasteiger partial charge on any atom is -0.375 e. The van der Waals surface area contributed by atoms with Crippen LogP contribution in [0, 0.1) is 11.8 Å². The molecule has 3 aliphatic rings. The predicted molar refractivity (Wildman–Crippen MR) is 89.5 cm³/mol. The van der Waals surface area contributed by atoms with E-state index in [-0.39, 0.29) is 17.4 Å². The molecule has 136 valence electrons. The maximum absolute atomic E-state index is 13.0. The van der Waals surface area contributed by atoms with E-state index in [4.69, 9.17) is 9.47 Å². The van der Waals surface area contributed by atoms with Gasteiger partial charge in [-0.25, -0.2) is 4.39 Å². The fourth-order valence-electron chi connectivity index (χ4n) is 4.19. The Labute approximate surface area is 147 Å². The molecule has 0 radical (unpaired) electrons. The van der Waals surface area contributed by atoms with E-state index in [2.05, 4.69) is 4.98 Å². The van der Waals surface area contributed by atoms with Crippen molar-refractivity contribution in [3.05, 3.63) is 30.1 Å². The monoisotopic (exact) mass is 348 g/mol. The van der Waals surface area contributed by atoms with Gasteiger partial charge in [0.05, 0.1) is 25.4 Å². The Kier molecular flexibility index (Phi) is 4.73. The maximum Gasteiger partial charge on any atom is 0.226 e. The quantitative estimate of drug-likeness (QED) is 0.741. The van der Waals surface area contributed by atoms with Crippen LogP contribution < -0.4 is 0 Å². The molecule has 1 amide bonds. The molecule has 0 bridgehead atoms. The molecular formula is C19H25FN2O3. The highest BCUT2D eigenvalue weighted by molar-refractivity contribution is 5.81. The minimum absolute atomic E-state index is 0.103. The van der Waals surface area contributed by atoms with Crippen LogP contribution in [0.25, 0.3) is 0 Å². The first-order chi connectivity index (χ1) is 12.2. The molecule has 25 heavy (non-hydrogen) atoms. The van der Waals surface area contributed by atoms with Crippen LogP contribution in [0.15, 0.2) is 24.4 Å². The molecule has 3 fully saturated rings. The van der Waals surface area contributed by atoms with E-state index in [9.17, 15) is 9.18 Å². The molecule has 1 aliphatic carbocycles. The van der Waals surface area contributed by atoms with Crippen LogP contribution in [0.4, 0.5) is 4.39 Å². The molecule has 0 unspecified atom stereocenters. The second-order valence-electron chi connectivity index (χ2n) is 7.52. The number of hydrogen-bond donors (Lipinski definition) is 0. The van der Waals surface area contributed by atoms with Crippen LogP contribution in [0.2, 0.25) is 0 Å². The third-order valence-electron chi connectivity index (χ3n) is 5.85. The van der Waals surface area contributed by atoms with Gasteiger partial charge in [0.15, 0.2) is 0 Å². The zero-order valence-corrected chi connectivity index (χ0v) is 14.4. The lowest BCUT2D eigenvalue weighted by Gasteiger charge is -2.52. The average molecular weight is 348 g/mol. The van der Waals surface area contributed by atoms with E-state index >= 15 is 0 Å². The van der Waals surface area contributed by atoms with Crippen molar-refractivity contribution >= 4 is 5.91 Å². The maximum atomic E-state index is 13.0. The first-order valence-electron chi connectivity index (χ1n) is 9.21. The first kappa shape index (κ1) is 16.9. The molecule has 2 aliphatic heterocycles. The van der Waals surface area contributed by atoms with Gasteiger partial charge < -0.3 is 14.4 Å². The number of alkyl halides is 1. The number of carbonyl (C=O) groups is 1. The van der Waals surface area contributed by atoms with Crippen LogP contribution in [-0.2, 0) is 20.9 Å². The van der Waals surface area contributed by atoms with E-state index in [0.29, 0.717) is 45.1 Å². The molecular weight excluding hydrogens is 323 g/mol. The van der Waals surface area contributed by atoms with Gasteiger partial charge in [-0.05, 0) is 43.7 Å². The van der Waals surface area contributed by atoms with Crippen LogP contribution in [0.5, 0.6) is 0 Å². The SMILES string of the molecule is O=C(C1CC(F)C1)N1CC2(C1)OCC[C@@H]2CCOCc1ccccn1. The van der Waals surface area contributed by atoms with Gasteiger partial charge in [0.1, 0.15) is 11.8 Å². The van der Waals surface area contributed by atoms with E-state index in [1.165, 1.54) is 0 Å². The van der Waals surface area contributed by atoms with Crippen LogP contribution >= 0.6 is 0 Å². The highest BCUT2D eigenvalue weighted by Crippen LogP contribution is 2.43. The van der Waals surface area contributed by atoms with Gasteiger partial charge in [0, 0.05) is 25.3 Å². The summed E-state index contributed by atoms with van der Waals surface area (Å²) in [7, 11) is 0. The predicted octanol–water partition coefficient (Wildman–Crippen LogP) is 2.35. The summed E-state index contributed by atoms with van der Waals surface area (Å²) in [5.41, 5.74) is 0.745. The van der Waals surface area contributed by atoms with Gasteiger partial charge in [-0.2, -0.15) is 0 Å². The number of amides is 1. The number of pyridine rings is 1. The summed E-state index contributed by atoms with van der Waals surface area (Å²) < 4.78 is 24.7. The summed E-state index contributed by atoms with van der Waals surface area (Å²) in [6.07, 6.45) is 3.74. The molecule has 1 atom stereocenters. The van der Waals surface area contributed by atoms with Crippen molar-refractivity contribution < 1.29 is 18.7 Å². The second kappa shape index (κ2) is 7.00. The van der Waals surface area contributed by atoms with Crippen molar-refractivity contribution in [3.63, 3.8) is 0 Å². The highest BCUT2D eigenvalue weighted by Gasteiger charge is 2.55. The largest absolute Gasteiger partial charge is 0.375 e. The van der Waals surface area contributed by atoms with Crippen molar-refractivity contribution in [2.45, 2.75) is 44.1 Å². The number of rotatable bonds is 6. The molecule has 0 aromatic carbocycles. The van der Waals surface area contributed by atoms with Gasteiger partial charge in [0.2, 0.25) is 5.91 Å². The topological polar surface area (TPSA) is 51.7 Å². The summed E-state index contributed by atoms with van der Waals surface area (Å²) in [4.78, 5) is 18.4. The van der Waals surface area contributed by atoms with Crippen molar-refractivity contribution in [2.24, 2.45) is 11.8 Å². The fraction of sp³-hybridized carbons (Fsp3) is 0.684. The van der Waals surface area contributed by atoms with Gasteiger partial charge in [0.25, 0.3) is 0 Å². The summed E-state index contributed by atoms with van der Waals surface area (Å²) in [6, 6.07) is 5.81. The number of carbonyl (C=O) groups excluding carboxylic acids is 1. The smallest absolute Gasteiger partial charge is 0.226 e. The number of ether oxygens (including phenoxy) is 2. The molecule has 2 saturated heterocycles. The number of nitrogens with zero attached hydrogens (tertiary/aromatic N) is 2. The third-order valence-corrected chi connectivity index (χ3v) is 5.85. The second-order valence-corrected chi connectivity index (χ2v) is 7.52. The lowest BCUT2D eigenvalue weighted by atomic mass is 9.76. The standard InChI is InChI=1S/C19H25FN2O3/c20-16-9-14(10-16)18(23)22-12-19(13-22)15(5-8-25-19)4-7-24-11-17-3-1-2-6-21-17/h1-3,6,14-16H,4-5,7-13H2/t14?,15-,16?/m0/s1. The van der Waals surface area contributed by atoms with Gasteiger partial charge in [-0.1, -0.05) is 6.07 Å². The summed E-state index contributed by atoms with van der Waals surface area (Å²) in [5, 5.41) is 0. The van der Waals surface area contributed by atoms with Gasteiger partial charge >= 0.3 is 0 Å². The first-order valence-corrected chi connectivity index (χ1v) is 9.21. The van der Waals surface area contributed by atoms with E-state index in [1.807, 2.05) is 23.1 Å². The van der Waals surface area contributed by atoms with Crippen LogP contribution in [-0.4, -0.2) is 53.9 Å². The molecule has 1 aromatic heterocycles. The van der Waals surface area contributed by atoms with Crippen molar-refractivity contribution in [2.75, 3.05) is 26.3 Å². The normalized spacial score (nSPS) is 30.1. The van der Waals surface area contributed by atoms with Gasteiger partial charge in [-0.3, -0.25) is 9.78 Å². The molecule has 1 saturated carbocycles. The molecule has 4 rings (SSSR count). The Morgan fingerprint density at radius 3 is 2.96 bits per heavy atom. The molecule has 0 N–H and O–H groups in total.